The standard InChI is InChI=1S/C26H28N2O5/c29-24(28-23(25(30)31)11-15-9-10-15)21-12-16(21)13-27-26(32)33-14-22-19-7-3-1-5-17(19)18-6-2-4-8-20(18)22/h1-8,15-16,21-23H,9-14H2,(H,27,32)(H,28,29)(H,30,31)/t16-,21-,23+/m1/s1. The van der Waals surface area contributed by atoms with Gasteiger partial charge in [0.05, 0.1) is 0 Å². The van der Waals surface area contributed by atoms with Gasteiger partial charge in [-0.3, -0.25) is 4.79 Å². The molecule has 0 saturated heterocycles. The van der Waals surface area contributed by atoms with Gasteiger partial charge in [0.15, 0.2) is 0 Å². The molecule has 2 aromatic rings. The number of aliphatic carboxylic acids is 1. The zero-order valence-corrected chi connectivity index (χ0v) is 18.3. The Kier molecular flexibility index (Phi) is 5.79. The third-order valence-corrected chi connectivity index (χ3v) is 6.99. The van der Waals surface area contributed by atoms with E-state index in [1.165, 1.54) is 11.1 Å². The van der Waals surface area contributed by atoms with Crippen LogP contribution in [0.25, 0.3) is 11.1 Å². The minimum Gasteiger partial charge on any atom is -0.480 e. The molecule has 3 aliphatic rings. The van der Waals surface area contributed by atoms with Gasteiger partial charge in [-0.15, -0.1) is 0 Å². The van der Waals surface area contributed by atoms with Crippen molar-refractivity contribution in [1.82, 2.24) is 10.6 Å². The fourth-order valence-corrected chi connectivity index (χ4v) is 4.85. The summed E-state index contributed by atoms with van der Waals surface area (Å²) in [6.45, 7) is 0.588. The molecule has 7 heteroatoms. The van der Waals surface area contributed by atoms with Crippen LogP contribution in [0.4, 0.5) is 4.79 Å². The summed E-state index contributed by atoms with van der Waals surface area (Å²) in [5.74, 6) is -1.04. The van der Waals surface area contributed by atoms with Gasteiger partial charge >= 0.3 is 12.1 Å². The summed E-state index contributed by atoms with van der Waals surface area (Å²) < 4.78 is 5.53. The summed E-state index contributed by atoms with van der Waals surface area (Å²) in [5, 5.41) is 14.8. The van der Waals surface area contributed by atoms with Crippen LogP contribution in [0.2, 0.25) is 0 Å². The van der Waals surface area contributed by atoms with E-state index in [-0.39, 0.29) is 30.3 Å². The summed E-state index contributed by atoms with van der Waals surface area (Å²) in [5.41, 5.74) is 4.67. The molecule has 2 amide bonds. The number of carboxylic acid groups (broad SMARTS) is 1. The molecule has 172 valence electrons. The van der Waals surface area contributed by atoms with E-state index in [1.54, 1.807) is 0 Å². The van der Waals surface area contributed by atoms with E-state index in [2.05, 4.69) is 34.9 Å². The molecule has 7 nitrogen and oxygen atoms in total. The molecule has 2 fully saturated rings. The van der Waals surface area contributed by atoms with Crippen LogP contribution in [0.15, 0.2) is 48.5 Å². The van der Waals surface area contributed by atoms with Gasteiger partial charge in [0.1, 0.15) is 12.6 Å². The van der Waals surface area contributed by atoms with Gasteiger partial charge < -0.3 is 20.5 Å². The first-order valence-electron chi connectivity index (χ1n) is 11.6. The highest BCUT2D eigenvalue weighted by Crippen LogP contribution is 2.44. The Morgan fingerprint density at radius 1 is 1.00 bits per heavy atom. The summed E-state index contributed by atoms with van der Waals surface area (Å²) in [6, 6.07) is 15.5. The Morgan fingerprint density at radius 2 is 1.64 bits per heavy atom. The molecule has 3 atom stereocenters. The van der Waals surface area contributed by atoms with E-state index in [0.717, 1.165) is 24.0 Å². The Balaban J connectivity index is 1.09. The average Bonchev–Trinajstić information content (AvgIpc) is 3.74. The van der Waals surface area contributed by atoms with Crippen LogP contribution in [0, 0.1) is 17.8 Å². The van der Waals surface area contributed by atoms with Crippen LogP contribution in [0.5, 0.6) is 0 Å². The van der Waals surface area contributed by atoms with Crippen molar-refractivity contribution in [2.45, 2.75) is 37.6 Å². The fraction of sp³-hybridized carbons (Fsp3) is 0.423. The number of alkyl carbamates (subject to hydrolysis) is 1. The first-order valence-corrected chi connectivity index (χ1v) is 11.6. The number of benzene rings is 2. The second kappa shape index (κ2) is 8.89. The van der Waals surface area contributed by atoms with Crippen molar-refractivity contribution in [1.29, 1.82) is 0 Å². The third kappa shape index (κ3) is 4.72. The van der Waals surface area contributed by atoms with Crippen molar-refractivity contribution < 1.29 is 24.2 Å². The molecule has 0 aliphatic heterocycles. The van der Waals surface area contributed by atoms with E-state index in [0.29, 0.717) is 25.3 Å². The number of carbonyl (C=O) groups is 3. The third-order valence-electron chi connectivity index (χ3n) is 6.99. The number of fused-ring (bicyclic) bond motifs is 3. The van der Waals surface area contributed by atoms with Crippen molar-refractivity contribution in [3.8, 4) is 11.1 Å². The van der Waals surface area contributed by atoms with E-state index in [1.807, 2.05) is 24.3 Å². The Bertz CT molecular complexity index is 1030. The summed E-state index contributed by atoms with van der Waals surface area (Å²) in [6.07, 6.45) is 2.72. The molecule has 0 radical (unpaired) electrons. The molecule has 0 bridgehead atoms. The number of carboxylic acids is 1. The van der Waals surface area contributed by atoms with Gasteiger partial charge in [-0.25, -0.2) is 9.59 Å². The quantitative estimate of drug-likeness (QED) is 0.544. The lowest BCUT2D eigenvalue weighted by Crippen LogP contribution is -2.42. The lowest BCUT2D eigenvalue weighted by Gasteiger charge is -2.15. The number of carbonyl (C=O) groups excluding carboxylic acids is 2. The molecule has 0 heterocycles. The van der Waals surface area contributed by atoms with Crippen molar-refractivity contribution in [3.63, 3.8) is 0 Å². The minimum absolute atomic E-state index is 0.00187. The van der Waals surface area contributed by atoms with Crippen LogP contribution in [0.3, 0.4) is 0 Å². The van der Waals surface area contributed by atoms with E-state index in [9.17, 15) is 19.5 Å². The normalized spacial score (nSPS) is 21.5. The predicted molar refractivity (Wildman–Crippen MR) is 122 cm³/mol. The molecule has 0 spiro atoms. The largest absolute Gasteiger partial charge is 0.480 e. The van der Waals surface area contributed by atoms with Gasteiger partial charge in [0.2, 0.25) is 5.91 Å². The highest BCUT2D eigenvalue weighted by Gasteiger charge is 2.44. The molecule has 2 aromatic carbocycles. The number of nitrogens with one attached hydrogen (secondary N) is 2. The number of rotatable bonds is 9. The lowest BCUT2D eigenvalue weighted by atomic mass is 9.98. The van der Waals surface area contributed by atoms with E-state index in [4.69, 9.17) is 4.74 Å². The lowest BCUT2D eigenvalue weighted by molar-refractivity contribution is -0.142. The van der Waals surface area contributed by atoms with Gasteiger partial charge in [-0.2, -0.15) is 0 Å². The van der Waals surface area contributed by atoms with Gasteiger partial charge in [0.25, 0.3) is 0 Å². The maximum atomic E-state index is 12.4. The predicted octanol–water partition coefficient (Wildman–Crippen LogP) is 3.53. The smallest absolute Gasteiger partial charge is 0.407 e. The molecular formula is C26H28N2O5. The van der Waals surface area contributed by atoms with Gasteiger partial charge in [0, 0.05) is 18.4 Å². The zero-order valence-electron chi connectivity index (χ0n) is 18.3. The Morgan fingerprint density at radius 3 is 2.24 bits per heavy atom. The topological polar surface area (TPSA) is 105 Å². The van der Waals surface area contributed by atoms with Crippen LogP contribution < -0.4 is 10.6 Å². The molecule has 5 rings (SSSR count). The summed E-state index contributed by atoms with van der Waals surface area (Å²) in [7, 11) is 0. The molecular weight excluding hydrogens is 420 g/mol. The Hall–Kier alpha value is -3.35. The van der Waals surface area contributed by atoms with E-state index < -0.39 is 18.1 Å². The molecule has 2 saturated carbocycles. The van der Waals surface area contributed by atoms with Crippen LogP contribution >= 0.6 is 0 Å². The maximum Gasteiger partial charge on any atom is 0.407 e. The van der Waals surface area contributed by atoms with Crippen molar-refractivity contribution >= 4 is 18.0 Å². The minimum atomic E-state index is -0.982. The monoisotopic (exact) mass is 448 g/mol. The molecule has 3 N–H and O–H groups in total. The first-order chi connectivity index (χ1) is 16.0. The van der Waals surface area contributed by atoms with Gasteiger partial charge in [-0.1, -0.05) is 61.4 Å². The highest BCUT2D eigenvalue weighted by atomic mass is 16.5. The van der Waals surface area contributed by atoms with Crippen molar-refractivity contribution in [2.75, 3.05) is 13.2 Å². The molecule has 33 heavy (non-hydrogen) atoms. The average molecular weight is 449 g/mol. The summed E-state index contributed by atoms with van der Waals surface area (Å²) in [4.78, 5) is 36.1. The SMILES string of the molecule is O=C(NC[C@H]1C[C@H]1C(=O)N[C@@H](CC1CC1)C(=O)O)OCC1c2ccccc2-c2ccccc21. The second-order valence-corrected chi connectivity index (χ2v) is 9.39. The first kappa shape index (κ1) is 21.5. The van der Waals surface area contributed by atoms with Crippen molar-refractivity contribution in [3.05, 3.63) is 59.7 Å². The molecule has 3 aliphatic carbocycles. The molecule has 0 aromatic heterocycles. The van der Waals surface area contributed by atoms with Crippen LogP contribution in [0.1, 0.15) is 42.7 Å². The zero-order chi connectivity index (χ0) is 22.9. The van der Waals surface area contributed by atoms with Crippen LogP contribution in [-0.2, 0) is 14.3 Å². The number of ether oxygens (including phenoxy) is 1. The highest BCUT2D eigenvalue weighted by molar-refractivity contribution is 5.87. The number of amides is 2. The molecule has 0 unspecified atom stereocenters. The van der Waals surface area contributed by atoms with E-state index >= 15 is 0 Å². The number of hydrogen-bond acceptors (Lipinski definition) is 4. The fourth-order valence-electron chi connectivity index (χ4n) is 4.85. The Labute approximate surface area is 192 Å². The second-order valence-electron chi connectivity index (χ2n) is 9.39. The van der Waals surface area contributed by atoms with Gasteiger partial charge in [-0.05, 0) is 46.9 Å². The number of hydrogen-bond donors (Lipinski definition) is 3. The maximum absolute atomic E-state index is 12.4. The summed E-state index contributed by atoms with van der Waals surface area (Å²) >= 11 is 0. The van der Waals surface area contributed by atoms with Crippen molar-refractivity contribution in [2.24, 2.45) is 17.8 Å². The van der Waals surface area contributed by atoms with Crippen LogP contribution in [-0.4, -0.2) is 42.3 Å².